The van der Waals surface area contributed by atoms with Crippen LogP contribution in [0.3, 0.4) is 0 Å². The average Bonchev–Trinajstić information content (AvgIpc) is 2.70. The molecular formula is C8H8N4OS. The molecule has 0 amide bonds. The summed E-state index contributed by atoms with van der Waals surface area (Å²) in [5.74, 6) is 1.10. The van der Waals surface area contributed by atoms with E-state index < -0.39 is 0 Å². The van der Waals surface area contributed by atoms with Crippen molar-refractivity contribution in [1.29, 1.82) is 0 Å². The van der Waals surface area contributed by atoms with Crippen molar-refractivity contribution < 1.29 is 4.42 Å². The lowest BCUT2D eigenvalue weighted by Crippen LogP contribution is -1.94. The Kier molecular flexibility index (Phi) is 2.64. The summed E-state index contributed by atoms with van der Waals surface area (Å²) in [6, 6.07) is 0. The molecule has 0 saturated carbocycles. The van der Waals surface area contributed by atoms with Crippen LogP contribution in [0.4, 0.5) is 5.82 Å². The van der Waals surface area contributed by atoms with Crippen LogP contribution in [0.2, 0.25) is 0 Å². The second-order valence-electron chi connectivity index (χ2n) is 2.52. The molecule has 2 N–H and O–H groups in total. The molecule has 2 heterocycles. The lowest BCUT2D eigenvalue weighted by atomic mass is 10.5. The molecular weight excluding hydrogens is 200 g/mol. The van der Waals surface area contributed by atoms with Gasteiger partial charge in [-0.05, 0) is 0 Å². The van der Waals surface area contributed by atoms with Gasteiger partial charge in [-0.2, -0.15) is 0 Å². The monoisotopic (exact) mass is 208 g/mol. The Morgan fingerprint density at radius 3 is 2.86 bits per heavy atom. The van der Waals surface area contributed by atoms with Crippen molar-refractivity contribution in [3.63, 3.8) is 0 Å². The first-order valence-electron chi connectivity index (χ1n) is 3.93. The molecule has 0 atom stereocenters. The van der Waals surface area contributed by atoms with Crippen molar-refractivity contribution in [3.8, 4) is 0 Å². The molecule has 0 aliphatic rings. The molecule has 0 radical (unpaired) electrons. The maximum atomic E-state index is 5.41. The highest BCUT2D eigenvalue weighted by atomic mass is 32.2. The molecule has 0 spiro atoms. The third-order valence-electron chi connectivity index (χ3n) is 1.48. The van der Waals surface area contributed by atoms with Gasteiger partial charge in [0, 0.05) is 5.75 Å². The largest absolute Gasteiger partial charge is 0.440 e. The van der Waals surface area contributed by atoms with Gasteiger partial charge in [-0.15, -0.1) is 0 Å². The van der Waals surface area contributed by atoms with Gasteiger partial charge < -0.3 is 10.2 Å². The number of nitrogen functional groups attached to an aromatic ring is 1. The number of hydrogen-bond acceptors (Lipinski definition) is 6. The van der Waals surface area contributed by atoms with Gasteiger partial charge in [0.2, 0.25) is 0 Å². The van der Waals surface area contributed by atoms with Gasteiger partial charge in [-0.3, -0.25) is 4.98 Å². The van der Waals surface area contributed by atoms with Crippen LogP contribution in [-0.4, -0.2) is 15.0 Å². The SMILES string of the molecule is Nc1cnc(CSc2ncco2)cn1. The van der Waals surface area contributed by atoms with E-state index in [1.165, 1.54) is 24.2 Å². The Morgan fingerprint density at radius 2 is 2.21 bits per heavy atom. The summed E-state index contributed by atoms with van der Waals surface area (Å²) in [5.41, 5.74) is 6.26. The second kappa shape index (κ2) is 4.10. The van der Waals surface area contributed by atoms with Gasteiger partial charge in [0.05, 0.1) is 24.3 Å². The number of nitrogens with two attached hydrogens (primary N) is 1. The molecule has 0 aliphatic carbocycles. The molecule has 0 saturated heterocycles. The van der Waals surface area contributed by atoms with E-state index in [-0.39, 0.29) is 0 Å². The standard InChI is InChI=1S/C8H8N4OS/c9-7-4-11-6(3-12-7)5-14-8-10-1-2-13-8/h1-4H,5H2,(H2,9,12). The number of anilines is 1. The van der Waals surface area contributed by atoms with Crippen LogP contribution < -0.4 is 5.73 Å². The van der Waals surface area contributed by atoms with Crippen LogP contribution in [0.15, 0.2) is 34.5 Å². The Morgan fingerprint density at radius 1 is 1.29 bits per heavy atom. The predicted octanol–water partition coefficient (Wildman–Crippen LogP) is 1.34. The summed E-state index contributed by atoms with van der Waals surface area (Å²) in [6.07, 6.45) is 6.32. The number of oxazole rings is 1. The van der Waals surface area contributed by atoms with Crippen LogP contribution in [-0.2, 0) is 5.75 Å². The molecule has 2 aromatic rings. The van der Waals surface area contributed by atoms with Crippen molar-refractivity contribution in [2.24, 2.45) is 0 Å². The minimum atomic E-state index is 0.426. The van der Waals surface area contributed by atoms with E-state index in [0.717, 1.165) is 5.69 Å². The van der Waals surface area contributed by atoms with Gasteiger partial charge in [0.1, 0.15) is 12.1 Å². The van der Waals surface area contributed by atoms with Gasteiger partial charge in [-0.1, -0.05) is 11.8 Å². The zero-order chi connectivity index (χ0) is 9.80. The Labute approximate surface area is 84.8 Å². The Bertz CT molecular complexity index is 386. The average molecular weight is 208 g/mol. The molecule has 72 valence electrons. The van der Waals surface area contributed by atoms with Crippen molar-refractivity contribution in [2.75, 3.05) is 5.73 Å². The van der Waals surface area contributed by atoms with E-state index in [2.05, 4.69) is 15.0 Å². The van der Waals surface area contributed by atoms with Crippen LogP contribution in [0.1, 0.15) is 5.69 Å². The van der Waals surface area contributed by atoms with Gasteiger partial charge >= 0.3 is 0 Å². The molecule has 14 heavy (non-hydrogen) atoms. The maximum Gasteiger partial charge on any atom is 0.255 e. The minimum Gasteiger partial charge on any atom is -0.440 e. The van der Waals surface area contributed by atoms with E-state index in [9.17, 15) is 0 Å². The summed E-state index contributed by atoms with van der Waals surface area (Å²) in [5, 5.41) is 0.628. The van der Waals surface area contributed by atoms with Gasteiger partial charge in [0.25, 0.3) is 5.22 Å². The van der Waals surface area contributed by atoms with Crippen molar-refractivity contribution in [2.45, 2.75) is 11.0 Å². The first kappa shape index (κ1) is 9.01. The third kappa shape index (κ3) is 2.23. The summed E-state index contributed by atoms with van der Waals surface area (Å²) in [6.45, 7) is 0. The normalized spacial score (nSPS) is 10.3. The van der Waals surface area contributed by atoms with Crippen LogP contribution >= 0.6 is 11.8 Å². The predicted molar refractivity (Wildman–Crippen MR) is 52.5 cm³/mol. The number of nitrogens with zero attached hydrogens (tertiary/aromatic N) is 3. The summed E-state index contributed by atoms with van der Waals surface area (Å²) < 4.78 is 5.06. The number of rotatable bonds is 3. The highest BCUT2D eigenvalue weighted by Crippen LogP contribution is 2.18. The van der Waals surface area contributed by atoms with Crippen LogP contribution in [0.25, 0.3) is 0 Å². The van der Waals surface area contributed by atoms with Gasteiger partial charge in [-0.25, -0.2) is 9.97 Å². The van der Waals surface area contributed by atoms with E-state index >= 15 is 0 Å². The quantitative estimate of drug-likeness (QED) is 0.767. The molecule has 0 unspecified atom stereocenters. The molecule has 0 aliphatic heterocycles. The highest BCUT2D eigenvalue weighted by molar-refractivity contribution is 7.98. The number of aromatic nitrogens is 3. The number of hydrogen-bond donors (Lipinski definition) is 1. The molecule has 0 bridgehead atoms. The Balaban J connectivity index is 1.95. The fourth-order valence-corrected chi connectivity index (χ4v) is 1.54. The Hall–Kier alpha value is -1.56. The molecule has 2 rings (SSSR count). The summed E-state index contributed by atoms with van der Waals surface area (Å²) in [7, 11) is 0. The summed E-state index contributed by atoms with van der Waals surface area (Å²) in [4.78, 5) is 12.0. The highest BCUT2D eigenvalue weighted by Gasteiger charge is 2.00. The van der Waals surface area contributed by atoms with E-state index in [0.29, 0.717) is 16.8 Å². The fraction of sp³-hybridized carbons (Fsp3) is 0.125. The van der Waals surface area contributed by atoms with E-state index in [1.807, 2.05) is 0 Å². The van der Waals surface area contributed by atoms with Crippen LogP contribution in [0, 0.1) is 0 Å². The third-order valence-corrected chi connectivity index (χ3v) is 2.37. The zero-order valence-electron chi connectivity index (χ0n) is 7.25. The van der Waals surface area contributed by atoms with Gasteiger partial charge in [0.15, 0.2) is 0 Å². The lowest BCUT2D eigenvalue weighted by molar-refractivity contribution is 0.454. The minimum absolute atomic E-state index is 0.426. The van der Waals surface area contributed by atoms with Crippen LogP contribution in [0.5, 0.6) is 0 Å². The summed E-state index contributed by atoms with van der Waals surface area (Å²) >= 11 is 1.46. The van der Waals surface area contributed by atoms with E-state index in [4.69, 9.17) is 10.2 Å². The first-order valence-corrected chi connectivity index (χ1v) is 4.92. The molecule has 0 aromatic carbocycles. The number of thioether (sulfide) groups is 1. The van der Waals surface area contributed by atoms with E-state index in [1.54, 1.807) is 12.4 Å². The lowest BCUT2D eigenvalue weighted by Gasteiger charge is -1.97. The molecule has 6 heteroatoms. The molecule has 5 nitrogen and oxygen atoms in total. The fourth-order valence-electron chi connectivity index (χ4n) is 0.857. The van der Waals surface area contributed by atoms with Crippen molar-refractivity contribution in [1.82, 2.24) is 15.0 Å². The first-order chi connectivity index (χ1) is 6.84. The topological polar surface area (TPSA) is 77.8 Å². The molecule has 0 fully saturated rings. The van der Waals surface area contributed by atoms with Crippen molar-refractivity contribution in [3.05, 3.63) is 30.5 Å². The smallest absolute Gasteiger partial charge is 0.255 e. The second-order valence-corrected chi connectivity index (χ2v) is 3.45. The molecule has 2 aromatic heterocycles. The van der Waals surface area contributed by atoms with Crippen molar-refractivity contribution >= 4 is 17.6 Å². The maximum absolute atomic E-state index is 5.41. The zero-order valence-corrected chi connectivity index (χ0v) is 8.07.